The van der Waals surface area contributed by atoms with Crippen LogP contribution < -0.4 is 0 Å². The van der Waals surface area contributed by atoms with Gasteiger partial charge in [0.05, 0.1) is 33.1 Å². The second-order valence-corrected chi connectivity index (χ2v) is 14.5. The van der Waals surface area contributed by atoms with Crippen molar-refractivity contribution in [3.05, 3.63) is 194 Å². The maximum atomic E-state index is 5.30. The molecule has 6 heteroatoms. The first-order chi connectivity index (χ1) is 28.3. The molecule has 57 heavy (non-hydrogen) atoms. The van der Waals surface area contributed by atoms with Crippen LogP contribution in [0.3, 0.4) is 0 Å². The lowest BCUT2D eigenvalue weighted by atomic mass is 10.1. The molecule has 0 amide bonds. The third-order valence-electron chi connectivity index (χ3n) is 11.3. The van der Waals surface area contributed by atoms with E-state index < -0.39 is 0 Å². The van der Waals surface area contributed by atoms with Gasteiger partial charge in [0.2, 0.25) is 5.95 Å². The van der Waals surface area contributed by atoms with Crippen LogP contribution in [0.2, 0.25) is 0 Å². The Morgan fingerprint density at radius 1 is 0.263 bits per heavy atom. The van der Waals surface area contributed by atoms with Crippen molar-refractivity contribution in [1.82, 2.24) is 28.7 Å². The van der Waals surface area contributed by atoms with Crippen molar-refractivity contribution in [2.45, 2.75) is 0 Å². The highest BCUT2D eigenvalue weighted by Crippen LogP contribution is 2.36. The number of nitrogens with zero attached hydrogens (tertiary/aromatic N) is 6. The topological polar surface area (TPSA) is 53.5 Å². The Morgan fingerprint density at radius 3 is 0.895 bits per heavy atom. The molecule has 0 bridgehead atoms. The van der Waals surface area contributed by atoms with E-state index in [2.05, 4.69) is 208 Å². The summed E-state index contributed by atoms with van der Waals surface area (Å²) in [4.78, 5) is 15.9. The van der Waals surface area contributed by atoms with Gasteiger partial charge in [0.15, 0.2) is 11.6 Å². The fraction of sp³-hybridized carbons (Fsp3) is 0. The number of benzene rings is 8. The second-order valence-electron chi connectivity index (χ2n) is 14.5. The lowest BCUT2D eigenvalue weighted by molar-refractivity contribution is 0.952. The summed E-state index contributed by atoms with van der Waals surface area (Å²) in [6, 6.07) is 68.4. The zero-order valence-electron chi connectivity index (χ0n) is 30.7. The third-order valence-corrected chi connectivity index (χ3v) is 11.3. The molecule has 0 saturated heterocycles. The lowest BCUT2D eigenvalue weighted by Gasteiger charge is -2.13. The lowest BCUT2D eigenvalue weighted by Crippen LogP contribution is -2.07. The first-order valence-electron chi connectivity index (χ1n) is 19.2. The fourth-order valence-corrected chi connectivity index (χ4v) is 8.83. The normalized spacial score (nSPS) is 11.9. The Morgan fingerprint density at radius 2 is 0.561 bits per heavy atom. The predicted octanol–water partition coefficient (Wildman–Crippen LogP) is 12.5. The van der Waals surface area contributed by atoms with Gasteiger partial charge in [0.1, 0.15) is 0 Å². The van der Waals surface area contributed by atoms with Crippen LogP contribution in [0, 0.1) is 0 Å². The summed E-state index contributed by atoms with van der Waals surface area (Å²) < 4.78 is 6.84. The van der Waals surface area contributed by atoms with Gasteiger partial charge in [-0.2, -0.15) is 9.97 Å². The van der Waals surface area contributed by atoms with Gasteiger partial charge in [-0.3, -0.25) is 4.57 Å². The zero-order chi connectivity index (χ0) is 37.5. The smallest absolute Gasteiger partial charge is 0.238 e. The minimum absolute atomic E-state index is 0.567. The van der Waals surface area contributed by atoms with Crippen LogP contribution in [-0.2, 0) is 0 Å². The van der Waals surface area contributed by atoms with Crippen LogP contribution >= 0.6 is 0 Å². The van der Waals surface area contributed by atoms with E-state index in [0.717, 1.165) is 66.4 Å². The number of fused-ring (bicyclic) bond motifs is 9. The molecule has 266 valence electrons. The SMILES string of the molecule is c1cc(-c2nc(-c3cccc(-n4c5ccccc5c5ccccc54)c3)nc(-n3c4ccccc4c4ccccc43)n2)cc(-n2c3ccccc3c3ccccc32)c1. The minimum Gasteiger partial charge on any atom is -0.309 e. The molecule has 0 fully saturated rings. The van der Waals surface area contributed by atoms with Crippen LogP contribution in [0.5, 0.6) is 0 Å². The molecule has 0 aliphatic carbocycles. The molecule has 0 unspecified atom stereocenters. The van der Waals surface area contributed by atoms with Crippen LogP contribution in [0.15, 0.2) is 194 Å². The Labute approximate surface area is 327 Å². The summed E-state index contributed by atoms with van der Waals surface area (Å²) in [5.74, 6) is 1.76. The summed E-state index contributed by atoms with van der Waals surface area (Å²) in [5.41, 5.74) is 10.6. The fourth-order valence-electron chi connectivity index (χ4n) is 8.83. The number of aromatic nitrogens is 6. The molecule has 0 radical (unpaired) electrons. The number of rotatable bonds is 5. The van der Waals surface area contributed by atoms with Gasteiger partial charge in [0, 0.05) is 54.8 Å². The van der Waals surface area contributed by atoms with Gasteiger partial charge < -0.3 is 9.13 Å². The molecule has 0 aliphatic rings. The molecule has 4 heterocycles. The summed E-state index contributed by atoms with van der Waals surface area (Å²) >= 11 is 0. The summed E-state index contributed by atoms with van der Waals surface area (Å²) in [6.45, 7) is 0. The molecule has 8 aromatic carbocycles. The van der Waals surface area contributed by atoms with Crippen LogP contribution in [-0.4, -0.2) is 28.7 Å². The number of hydrogen-bond donors (Lipinski definition) is 0. The van der Waals surface area contributed by atoms with E-state index in [4.69, 9.17) is 15.0 Å². The zero-order valence-corrected chi connectivity index (χ0v) is 30.7. The Hall–Kier alpha value is -7.83. The highest BCUT2D eigenvalue weighted by atomic mass is 15.2. The van der Waals surface area contributed by atoms with Crippen LogP contribution in [0.25, 0.3) is 106 Å². The van der Waals surface area contributed by atoms with Gasteiger partial charge >= 0.3 is 0 Å². The molecule has 4 aromatic heterocycles. The molecule has 0 N–H and O–H groups in total. The van der Waals surface area contributed by atoms with E-state index in [1.54, 1.807) is 0 Å². The van der Waals surface area contributed by atoms with Crippen LogP contribution in [0.4, 0.5) is 0 Å². The summed E-state index contributed by atoms with van der Waals surface area (Å²) in [6.07, 6.45) is 0. The highest BCUT2D eigenvalue weighted by molar-refractivity contribution is 6.11. The van der Waals surface area contributed by atoms with Crippen LogP contribution in [0.1, 0.15) is 0 Å². The summed E-state index contributed by atoms with van der Waals surface area (Å²) in [7, 11) is 0. The van der Waals surface area contributed by atoms with E-state index in [-0.39, 0.29) is 0 Å². The van der Waals surface area contributed by atoms with Crippen molar-refractivity contribution in [3.8, 4) is 40.1 Å². The van der Waals surface area contributed by atoms with Gasteiger partial charge in [-0.05, 0) is 60.7 Å². The van der Waals surface area contributed by atoms with Crippen molar-refractivity contribution in [2.75, 3.05) is 0 Å². The van der Waals surface area contributed by atoms with E-state index in [1.807, 2.05) is 0 Å². The van der Waals surface area contributed by atoms with Crippen molar-refractivity contribution in [1.29, 1.82) is 0 Å². The maximum Gasteiger partial charge on any atom is 0.238 e. The van der Waals surface area contributed by atoms with E-state index in [0.29, 0.717) is 17.6 Å². The van der Waals surface area contributed by atoms with Gasteiger partial charge in [-0.15, -0.1) is 0 Å². The predicted molar refractivity (Wildman–Crippen MR) is 234 cm³/mol. The quantitative estimate of drug-likeness (QED) is 0.177. The first-order valence-corrected chi connectivity index (χ1v) is 19.2. The van der Waals surface area contributed by atoms with E-state index >= 15 is 0 Å². The Bertz CT molecular complexity index is 3210. The van der Waals surface area contributed by atoms with E-state index in [1.165, 1.54) is 21.5 Å². The summed E-state index contributed by atoms with van der Waals surface area (Å²) in [5, 5.41) is 7.18. The maximum absolute atomic E-state index is 5.30. The first kappa shape index (κ1) is 31.5. The average Bonchev–Trinajstić information content (AvgIpc) is 3.92. The third kappa shape index (κ3) is 4.81. The Kier molecular flexibility index (Phi) is 6.83. The number of hydrogen-bond acceptors (Lipinski definition) is 3. The molecule has 0 saturated carbocycles. The highest BCUT2D eigenvalue weighted by Gasteiger charge is 2.20. The standard InChI is InChI=1S/C51H32N6/c1-7-25-43-37(19-1)38-20-2-8-26-44(38)55(43)35-17-13-15-33(31-35)49-52-50(54-51(53-49)57-47-29-11-5-23-41(47)42-24-6-12-30-48(42)57)34-16-14-18-36(32-34)56-45-27-9-3-21-39(45)40-22-4-10-28-46(40)56/h1-32H. The van der Waals surface area contributed by atoms with Gasteiger partial charge in [0.25, 0.3) is 0 Å². The minimum atomic E-state index is 0.567. The second kappa shape index (κ2) is 12.3. The van der Waals surface area contributed by atoms with Gasteiger partial charge in [-0.25, -0.2) is 4.98 Å². The van der Waals surface area contributed by atoms with Crippen molar-refractivity contribution < 1.29 is 0 Å². The molecule has 0 atom stereocenters. The van der Waals surface area contributed by atoms with Crippen molar-refractivity contribution in [3.63, 3.8) is 0 Å². The molecule has 12 rings (SSSR count). The largest absolute Gasteiger partial charge is 0.309 e. The molecule has 12 aromatic rings. The van der Waals surface area contributed by atoms with Crippen molar-refractivity contribution >= 4 is 65.4 Å². The Balaban J connectivity index is 1.10. The molecular weight excluding hydrogens is 697 g/mol. The number of para-hydroxylation sites is 6. The van der Waals surface area contributed by atoms with E-state index in [9.17, 15) is 0 Å². The molecule has 0 spiro atoms. The van der Waals surface area contributed by atoms with Gasteiger partial charge in [-0.1, -0.05) is 133 Å². The van der Waals surface area contributed by atoms with Crippen molar-refractivity contribution in [2.24, 2.45) is 0 Å². The monoisotopic (exact) mass is 728 g/mol. The molecular formula is C51H32N6. The molecule has 0 aliphatic heterocycles. The molecule has 6 nitrogen and oxygen atoms in total. The average molecular weight is 729 g/mol.